The highest BCUT2D eigenvalue weighted by molar-refractivity contribution is 6.30. The number of piperidine rings is 1. The van der Waals surface area contributed by atoms with Crippen molar-refractivity contribution in [1.82, 2.24) is 9.88 Å². The number of para-hydroxylation sites is 1. The van der Waals surface area contributed by atoms with E-state index in [0.717, 1.165) is 47.0 Å². The zero-order valence-corrected chi connectivity index (χ0v) is 16.8. The van der Waals surface area contributed by atoms with Crippen LogP contribution in [0.5, 0.6) is 0 Å². The minimum absolute atomic E-state index is 0.0786. The second-order valence-electron chi connectivity index (χ2n) is 7.33. The molecule has 0 saturated carbocycles. The van der Waals surface area contributed by atoms with Crippen molar-refractivity contribution in [3.8, 4) is 11.3 Å². The summed E-state index contributed by atoms with van der Waals surface area (Å²) >= 11 is 6.02. The van der Waals surface area contributed by atoms with E-state index in [1.54, 1.807) is 0 Å². The number of pyridine rings is 1. The van der Waals surface area contributed by atoms with Gasteiger partial charge in [0.25, 0.3) is 0 Å². The number of benzene rings is 2. The van der Waals surface area contributed by atoms with Gasteiger partial charge in [-0.05, 0) is 49.1 Å². The molecule has 6 heteroatoms. The number of hydrogen-bond donors (Lipinski definition) is 1. The lowest BCUT2D eigenvalue weighted by molar-refractivity contribution is 0.0350. The average Bonchev–Trinajstić information content (AvgIpc) is 2.74. The maximum atomic E-state index is 11.5. The van der Waals surface area contributed by atoms with Crippen molar-refractivity contribution in [2.45, 2.75) is 31.9 Å². The Hall–Kier alpha value is -2.63. The maximum absolute atomic E-state index is 11.5. The third kappa shape index (κ3) is 4.52. The van der Waals surface area contributed by atoms with Crippen LogP contribution in [-0.2, 0) is 11.3 Å². The first-order valence-electron chi connectivity index (χ1n) is 9.84. The molecule has 1 unspecified atom stereocenters. The minimum atomic E-state index is -0.863. The van der Waals surface area contributed by atoms with Gasteiger partial charge in [-0.1, -0.05) is 41.9 Å². The number of carbonyl (C=O) groups is 1. The number of halogens is 1. The van der Waals surface area contributed by atoms with Crippen molar-refractivity contribution < 1.29 is 14.6 Å². The Bertz CT molecular complexity index is 1010. The van der Waals surface area contributed by atoms with Crippen LogP contribution in [0.25, 0.3) is 22.2 Å². The molecule has 1 aliphatic rings. The molecule has 0 radical (unpaired) electrons. The van der Waals surface area contributed by atoms with Gasteiger partial charge < -0.3 is 14.7 Å². The number of nitrogens with zero attached hydrogens (tertiary/aromatic N) is 2. The topological polar surface area (TPSA) is 62.7 Å². The molecule has 29 heavy (non-hydrogen) atoms. The molecule has 1 atom stereocenters. The second-order valence-corrected chi connectivity index (χ2v) is 7.77. The Kier molecular flexibility index (Phi) is 5.97. The van der Waals surface area contributed by atoms with Crippen molar-refractivity contribution >= 4 is 28.6 Å². The number of hydrogen-bond acceptors (Lipinski definition) is 3. The quantitative estimate of drug-likeness (QED) is 0.594. The zero-order valence-electron chi connectivity index (χ0n) is 16.1. The first-order chi connectivity index (χ1) is 14.1. The van der Waals surface area contributed by atoms with E-state index < -0.39 is 6.09 Å². The molecule has 1 aromatic heterocycles. The van der Waals surface area contributed by atoms with Crippen molar-refractivity contribution in [3.05, 3.63) is 65.2 Å². The highest BCUT2D eigenvalue weighted by Gasteiger charge is 2.26. The predicted molar refractivity (Wildman–Crippen MR) is 114 cm³/mol. The monoisotopic (exact) mass is 410 g/mol. The average molecular weight is 411 g/mol. The van der Waals surface area contributed by atoms with Crippen LogP contribution in [0.1, 0.15) is 24.8 Å². The van der Waals surface area contributed by atoms with E-state index in [-0.39, 0.29) is 6.04 Å². The van der Waals surface area contributed by atoms with Crippen molar-refractivity contribution in [1.29, 1.82) is 0 Å². The standard InChI is InChI=1S/C23H23ClN2O3/c24-18-10-8-16(9-11-18)22-13-17(20-6-1-2-7-21(20)25-22)14-29-15-19-5-3-4-12-26(19)23(27)28/h1-2,6-11,13,19H,3-5,12,14-15H2,(H,27,28). The molecule has 4 rings (SSSR count). The first kappa shape index (κ1) is 19.7. The van der Waals surface area contributed by atoms with Gasteiger partial charge in [-0.3, -0.25) is 0 Å². The van der Waals surface area contributed by atoms with Gasteiger partial charge >= 0.3 is 6.09 Å². The third-order valence-corrected chi connectivity index (χ3v) is 5.63. The van der Waals surface area contributed by atoms with E-state index in [2.05, 4.69) is 0 Å². The highest BCUT2D eigenvalue weighted by atomic mass is 35.5. The summed E-state index contributed by atoms with van der Waals surface area (Å²) in [4.78, 5) is 17.7. The molecule has 1 N–H and O–H groups in total. The molecule has 0 spiro atoms. The SMILES string of the molecule is O=C(O)N1CCCCC1COCc1cc(-c2ccc(Cl)cc2)nc2ccccc12. The van der Waals surface area contributed by atoms with E-state index in [9.17, 15) is 9.90 Å². The molecule has 1 fully saturated rings. The summed E-state index contributed by atoms with van der Waals surface area (Å²) in [5.74, 6) is 0. The number of ether oxygens (including phenoxy) is 1. The van der Waals surface area contributed by atoms with Crippen molar-refractivity contribution in [2.75, 3.05) is 13.2 Å². The van der Waals surface area contributed by atoms with Crippen LogP contribution in [0.15, 0.2) is 54.6 Å². The lowest BCUT2D eigenvalue weighted by Crippen LogP contribution is -2.45. The molecular formula is C23H23ClN2O3. The predicted octanol–water partition coefficient (Wildman–Crippen LogP) is 5.60. The summed E-state index contributed by atoms with van der Waals surface area (Å²) < 4.78 is 6.00. The Morgan fingerprint density at radius 1 is 1.17 bits per heavy atom. The fourth-order valence-electron chi connectivity index (χ4n) is 3.87. The molecule has 0 aliphatic carbocycles. The van der Waals surface area contributed by atoms with Crippen molar-refractivity contribution in [2.24, 2.45) is 0 Å². The van der Waals surface area contributed by atoms with Gasteiger partial charge in [-0.25, -0.2) is 9.78 Å². The van der Waals surface area contributed by atoms with Crippen LogP contribution in [-0.4, -0.2) is 40.3 Å². The van der Waals surface area contributed by atoms with E-state index in [1.807, 2.05) is 54.6 Å². The number of amides is 1. The second kappa shape index (κ2) is 8.80. The van der Waals surface area contributed by atoms with Crippen LogP contribution >= 0.6 is 11.6 Å². The van der Waals surface area contributed by atoms with E-state index in [1.165, 1.54) is 4.90 Å². The number of carboxylic acid groups (broad SMARTS) is 1. The number of rotatable bonds is 5. The van der Waals surface area contributed by atoms with E-state index in [4.69, 9.17) is 21.3 Å². The fourth-order valence-corrected chi connectivity index (χ4v) is 3.99. The molecule has 1 aliphatic heterocycles. The van der Waals surface area contributed by atoms with Gasteiger partial charge in [0.1, 0.15) is 0 Å². The van der Waals surface area contributed by atoms with Gasteiger partial charge in [0, 0.05) is 22.5 Å². The Morgan fingerprint density at radius 3 is 2.76 bits per heavy atom. The molecule has 1 saturated heterocycles. The van der Waals surface area contributed by atoms with Crippen LogP contribution < -0.4 is 0 Å². The van der Waals surface area contributed by atoms with Gasteiger partial charge in [0.2, 0.25) is 0 Å². The largest absolute Gasteiger partial charge is 0.465 e. The lowest BCUT2D eigenvalue weighted by atomic mass is 10.0. The molecule has 2 aromatic carbocycles. The minimum Gasteiger partial charge on any atom is -0.465 e. The molecule has 5 nitrogen and oxygen atoms in total. The van der Waals surface area contributed by atoms with Gasteiger partial charge in [-0.2, -0.15) is 0 Å². The summed E-state index contributed by atoms with van der Waals surface area (Å²) in [7, 11) is 0. The van der Waals surface area contributed by atoms with Crippen LogP contribution in [0.3, 0.4) is 0 Å². The molecule has 2 heterocycles. The summed E-state index contributed by atoms with van der Waals surface area (Å²) in [5, 5.41) is 11.1. The first-order valence-corrected chi connectivity index (χ1v) is 10.2. The smallest absolute Gasteiger partial charge is 0.407 e. The molecule has 3 aromatic rings. The Labute approximate surface area is 174 Å². The fraction of sp³-hybridized carbons (Fsp3) is 0.304. The summed E-state index contributed by atoms with van der Waals surface area (Å²) in [6, 6.07) is 17.6. The number of aromatic nitrogens is 1. The maximum Gasteiger partial charge on any atom is 0.407 e. The zero-order chi connectivity index (χ0) is 20.2. The van der Waals surface area contributed by atoms with Crippen LogP contribution in [0.2, 0.25) is 5.02 Å². The summed E-state index contributed by atoms with van der Waals surface area (Å²) in [6.07, 6.45) is 1.94. The van der Waals surface area contributed by atoms with Gasteiger partial charge in [0.05, 0.1) is 30.5 Å². The van der Waals surface area contributed by atoms with E-state index in [0.29, 0.717) is 24.8 Å². The highest BCUT2D eigenvalue weighted by Crippen LogP contribution is 2.27. The van der Waals surface area contributed by atoms with Crippen molar-refractivity contribution in [3.63, 3.8) is 0 Å². The number of likely N-dealkylation sites (tertiary alicyclic amines) is 1. The normalized spacial score (nSPS) is 16.9. The number of fused-ring (bicyclic) bond motifs is 1. The molecule has 150 valence electrons. The third-order valence-electron chi connectivity index (χ3n) is 5.38. The Balaban J connectivity index is 1.56. The summed E-state index contributed by atoms with van der Waals surface area (Å²) in [6.45, 7) is 1.40. The van der Waals surface area contributed by atoms with Gasteiger partial charge in [-0.15, -0.1) is 0 Å². The molecule has 1 amide bonds. The van der Waals surface area contributed by atoms with Gasteiger partial charge in [0.15, 0.2) is 0 Å². The Morgan fingerprint density at radius 2 is 1.97 bits per heavy atom. The summed E-state index contributed by atoms with van der Waals surface area (Å²) in [5.41, 5.74) is 3.80. The lowest BCUT2D eigenvalue weighted by Gasteiger charge is -2.33. The van der Waals surface area contributed by atoms with E-state index >= 15 is 0 Å². The molecule has 0 bridgehead atoms. The van der Waals surface area contributed by atoms with Crippen LogP contribution in [0, 0.1) is 0 Å². The molecular weight excluding hydrogens is 388 g/mol. The van der Waals surface area contributed by atoms with Crippen LogP contribution in [0.4, 0.5) is 4.79 Å².